The monoisotopic (exact) mass is 551 g/mol. The minimum absolute atomic E-state index is 0.0262. The number of amides is 1. The first-order chi connectivity index (χ1) is 18.7. The van der Waals surface area contributed by atoms with Crippen molar-refractivity contribution in [2.75, 3.05) is 7.11 Å². The van der Waals surface area contributed by atoms with Gasteiger partial charge in [0.2, 0.25) is 5.91 Å². The van der Waals surface area contributed by atoms with Gasteiger partial charge in [0.05, 0.1) is 13.0 Å². The number of carboxylic acids is 1. The van der Waals surface area contributed by atoms with E-state index in [-0.39, 0.29) is 57.1 Å². The van der Waals surface area contributed by atoms with Crippen LogP contribution in [-0.4, -0.2) is 35.9 Å². The maximum atomic E-state index is 14.3. The average molecular weight is 552 g/mol. The van der Waals surface area contributed by atoms with Crippen molar-refractivity contribution in [3.8, 4) is 0 Å². The molecule has 0 heterocycles. The molecule has 220 valence electrons. The molecule has 4 fully saturated rings. The zero-order valence-corrected chi connectivity index (χ0v) is 25.3. The van der Waals surface area contributed by atoms with Crippen molar-refractivity contribution in [3.63, 3.8) is 0 Å². The van der Waals surface area contributed by atoms with E-state index < -0.39 is 5.97 Å². The zero-order chi connectivity index (χ0) is 29.3. The highest BCUT2D eigenvalue weighted by molar-refractivity contribution is 5.95. The van der Waals surface area contributed by atoms with Gasteiger partial charge in [0.1, 0.15) is 5.76 Å². The normalized spacial score (nSPS) is 43.9. The summed E-state index contributed by atoms with van der Waals surface area (Å²) in [4.78, 5) is 39.0. The van der Waals surface area contributed by atoms with Crippen LogP contribution in [0.1, 0.15) is 92.4 Å². The zero-order valence-electron chi connectivity index (χ0n) is 25.3. The van der Waals surface area contributed by atoms with Gasteiger partial charge in [-0.15, -0.1) is 0 Å². The van der Waals surface area contributed by atoms with Crippen molar-refractivity contribution in [3.05, 3.63) is 36.1 Å². The van der Waals surface area contributed by atoms with Gasteiger partial charge in [0.25, 0.3) is 0 Å². The fraction of sp³-hybridized carbons (Fsp3) is 0.735. The van der Waals surface area contributed by atoms with Gasteiger partial charge in [-0.3, -0.25) is 14.4 Å². The number of fused-ring (bicyclic) bond motifs is 7. The van der Waals surface area contributed by atoms with Crippen LogP contribution in [0.3, 0.4) is 0 Å². The second kappa shape index (κ2) is 9.87. The Bertz CT molecular complexity index is 1170. The molecule has 0 radical (unpaired) electrons. The fourth-order valence-corrected chi connectivity index (χ4v) is 10.7. The summed E-state index contributed by atoms with van der Waals surface area (Å²) in [5, 5.41) is 13.1. The molecule has 9 atom stereocenters. The third kappa shape index (κ3) is 4.39. The second-order valence-electron chi connectivity index (χ2n) is 15.1. The molecule has 5 aliphatic rings. The predicted octanol–water partition coefficient (Wildman–Crippen LogP) is 6.47. The summed E-state index contributed by atoms with van der Waals surface area (Å²) in [7, 11) is 1.53. The van der Waals surface area contributed by atoms with Crippen LogP contribution in [0.15, 0.2) is 36.1 Å². The van der Waals surface area contributed by atoms with E-state index >= 15 is 0 Å². The Morgan fingerprint density at radius 1 is 0.975 bits per heavy atom. The summed E-state index contributed by atoms with van der Waals surface area (Å²) in [6.45, 7) is 15.4. The largest absolute Gasteiger partial charge is 0.497 e. The minimum Gasteiger partial charge on any atom is -0.497 e. The SMILES string of the molecule is C=C(/C=C/C(=O)NC1CCC2(C)C(CCC3(C)C4CCC5(C)CCC(C(=O)O)CC5C4=CC(=O)C32)C1(C)C)OC. The van der Waals surface area contributed by atoms with E-state index in [0.29, 0.717) is 24.0 Å². The molecule has 40 heavy (non-hydrogen) atoms. The van der Waals surface area contributed by atoms with Crippen LogP contribution in [0.5, 0.6) is 0 Å². The number of aliphatic carboxylic acids is 1. The molecule has 2 N–H and O–H groups in total. The van der Waals surface area contributed by atoms with Crippen LogP contribution in [-0.2, 0) is 19.1 Å². The predicted molar refractivity (Wildman–Crippen MR) is 155 cm³/mol. The van der Waals surface area contributed by atoms with Crippen molar-refractivity contribution in [2.24, 2.45) is 51.2 Å². The minimum atomic E-state index is -0.686. The van der Waals surface area contributed by atoms with E-state index in [0.717, 1.165) is 51.4 Å². The first-order valence-electron chi connectivity index (χ1n) is 15.4. The molecular formula is C34H49NO5. The van der Waals surface area contributed by atoms with Crippen molar-refractivity contribution < 1.29 is 24.2 Å². The number of nitrogens with one attached hydrogen (secondary N) is 1. The Kier molecular flexibility index (Phi) is 7.19. The summed E-state index contributed by atoms with van der Waals surface area (Å²) >= 11 is 0. The molecule has 9 unspecified atom stereocenters. The van der Waals surface area contributed by atoms with E-state index in [9.17, 15) is 19.5 Å². The molecule has 0 bridgehead atoms. The molecule has 6 heteroatoms. The van der Waals surface area contributed by atoms with E-state index in [1.807, 2.05) is 6.08 Å². The lowest BCUT2D eigenvalue weighted by Gasteiger charge is -2.67. The van der Waals surface area contributed by atoms with Gasteiger partial charge in [0, 0.05) is 18.0 Å². The second-order valence-corrected chi connectivity index (χ2v) is 15.1. The number of ketones is 1. The van der Waals surface area contributed by atoms with Crippen molar-refractivity contribution in [1.82, 2.24) is 5.32 Å². The lowest BCUT2D eigenvalue weighted by Crippen LogP contribution is -2.65. The maximum absolute atomic E-state index is 14.3. The molecule has 0 aromatic heterocycles. The average Bonchev–Trinajstić information content (AvgIpc) is 2.87. The molecule has 0 aliphatic heterocycles. The van der Waals surface area contributed by atoms with Gasteiger partial charge in [-0.1, -0.05) is 46.8 Å². The van der Waals surface area contributed by atoms with Gasteiger partial charge in [-0.2, -0.15) is 0 Å². The number of carbonyl (C=O) groups excluding carboxylic acids is 2. The van der Waals surface area contributed by atoms with Gasteiger partial charge >= 0.3 is 5.97 Å². The van der Waals surface area contributed by atoms with Crippen molar-refractivity contribution in [2.45, 2.75) is 98.4 Å². The van der Waals surface area contributed by atoms with Crippen LogP contribution < -0.4 is 5.32 Å². The van der Waals surface area contributed by atoms with Crippen LogP contribution in [0.25, 0.3) is 0 Å². The Morgan fingerprint density at radius 3 is 2.33 bits per heavy atom. The van der Waals surface area contributed by atoms with Gasteiger partial charge in [-0.05, 0) is 109 Å². The van der Waals surface area contributed by atoms with Gasteiger partial charge in [-0.25, -0.2) is 0 Å². The highest BCUT2D eigenvalue weighted by Crippen LogP contribution is 2.70. The number of hydrogen-bond donors (Lipinski definition) is 2. The third-order valence-corrected chi connectivity index (χ3v) is 12.8. The maximum Gasteiger partial charge on any atom is 0.306 e. The summed E-state index contributed by atoms with van der Waals surface area (Å²) < 4.78 is 5.05. The van der Waals surface area contributed by atoms with Crippen LogP contribution in [0, 0.1) is 51.2 Å². The molecular weight excluding hydrogens is 502 g/mol. The lowest BCUT2D eigenvalue weighted by atomic mass is 9.37. The van der Waals surface area contributed by atoms with Crippen LogP contribution >= 0.6 is 0 Å². The third-order valence-electron chi connectivity index (χ3n) is 12.8. The number of rotatable bonds is 5. The molecule has 4 saturated carbocycles. The molecule has 5 rings (SSSR count). The summed E-state index contributed by atoms with van der Waals surface area (Å²) in [6.07, 6.45) is 13.4. The summed E-state index contributed by atoms with van der Waals surface area (Å²) in [5.74, 6) is 0.382. The van der Waals surface area contributed by atoms with Crippen LogP contribution in [0.4, 0.5) is 0 Å². The standard InChI is InChI=1S/C34H49NO5/c1-20(40-7)8-9-28(37)35-27-13-17-34(6)26(31(27,2)3)12-16-33(5)23-11-15-32(4)14-10-21(30(38)39)18-24(32)22(23)19-25(36)29(33)34/h8-9,19,21,23-24,26-27,29H,1,10-18H2,2-7H3,(H,35,37)(H,38,39)/b9-8+. The Balaban J connectivity index is 1.43. The Labute approximate surface area is 240 Å². The first-order valence-corrected chi connectivity index (χ1v) is 15.4. The molecule has 0 aromatic rings. The molecule has 1 amide bonds. The lowest BCUT2D eigenvalue weighted by molar-refractivity contribution is -0.173. The van der Waals surface area contributed by atoms with E-state index in [2.05, 4.69) is 46.5 Å². The molecule has 5 aliphatic carbocycles. The quantitative estimate of drug-likeness (QED) is 0.232. The number of allylic oxidation sites excluding steroid dienone is 3. The molecule has 0 saturated heterocycles. The van der Waals surface area contributed by atoms with E-state index in [1.54, 1.807) is 6.08 Å². The number of carboxylic acid groups (broad SMARTS) is 1. The molecule has 0 aromatic carbocycles. The van der Waals surface area contributed by atoms with Gasteiger partial charge < -0.3 is 15.2 Å². The van der Waals surface area contributed by atoms with Crippen molar-refractivity contribution in [1.29, 1.82) is 0 Å². The van der Waals surface area contributed by atoms with E-state index in [4.69, 9.17) is 4.74 Å². The smallest absolute Gasteiger partial charge is 0.306 e. The Morgan fingerprint density at radius 2 is 1.65 bits per heavy atom. The highest BCUT2D eigenvalue weighted by atomic mass is 16.5. The number of ether oxygens (including phenoxy) is 1. The van der Waals surface area contributed by atoms with Gasteiger partial charge in [0.15, 0.2) is 5.78 Å². The number of hydrogen-bond acceptors (Lipinski definition) is 4. The van der Waals surface area contributed by atoms with Crippen molar-refractivity contribution >= 4 is 17.7 Å². The molecule has 0 spiro atoms. The fourth-order valence-electron chi connectivity index (χ4n) is 10.7. The first kappa shape index (κ1) is 29.1. The summed E-state index contributed by atoms with van der Waals surface area (Å²) in [5.41, 5.74) is 0.952. The Hall–Kier alpha value is -2.37. The van der Waals surface area contributed by atoms with Crippen LogP contribution in [0.2, 0.25) is 0 Å². The molecule has 6 nitrogen and oxygen atoms in total. The number of carbonyl (C=O) groups is 3. The highest BCUT2D eigenvalue weighted by Gasteiger charge is 2.66. The van der Waals surface area contributed by atoms with E-state index in [1.165, 1.54) is 18.8 Å². The number of methoxy groups -OCH3 is 1. The topological polar surface area (TPSA) is 92.7 Å². The summed E-state index contributed by atoms with van der Waals surface area (Å²) in [6, 6.07) is 0.0262.